The van der Waals surface area contributed by atoms with Gasteiger partial charge in [0.15, 0.2) is 0 Å². The van der Waals surface area contributed by atoms with Crippen LogP contribution in [0.15, 0.2) is 48.8 Å². The second kappa shape index (κ2) is 6.26. The molecule has 1 aliphatic heterocycles. The van der Waals surface area contributed by atoms with Crippen LogP contribution in [-0.2, 0) is 9.59 Å². The summed E-state index contributed by atoms with van der Waals surface area (Å²) in [5.41, 5.74) is 1.79. The van der Waals surface area contributed by atoms with Crippen molar-refractivity contribution in [1.82, 2.24) is 20.0 Å². The monoisotopic (exact) mass is 296 g/mol. The molecule has 1 fully saturated rings. The summed E-state index contributed by atoms with van der Waals surface area (Å²) in [4.78, 5) is 24.8. The Morgan fingerprint density at radius 2 is 2.09 bits per heavy atom. The number of nitrogens with one attached hydrogen (secondary N) is 1. The van der Waals surface area contributed by atoms with E-state index < -0.39 is 0 Å². The molecule has 0 unspecified atom stereocenters. The Morgan fingerprint density at radius 1 is 1.27 bits per heavy atom. The smallest absolute Gasteiger partial charge is 0.247 e. The third-order valence-corrected chi connectivity index (χ3v) is 3.39. The summed E-state index contributed by atoms with van der Waals surface area (Å²) in [6.45, 7) is 1.16. The van der Waals surface area contributed by atoms with E-state index in [4.69, 9.17) is 0 Å². The Morgan fingerprint density at radius 3 is 2.86 bits per heavy atom. The molecule has 1 aromatic carbocycles. The van der Waals surface area contributed by atoms with Crippen molar-refractivity contribution >= 4 is 17.9 Å². The highest BCUT2D eigenvalue weighted by Gasteiger charge is 2.18. The van der Waals surface area contributed by atoms with E-state index in [1.165, 1.54) is 11.0 Å². The number of hydrogen-bond donors (Lipinski definition) is 1. The number of nitrogens with zero attached hydrogens (tertiary/aromatic N) is 3. The van der Waals surface area contributed by atoms with E-state index in [-0.39, 0.29) is 18.4 Å². The number of carbonyl (C=O) groups is 2. The van der Waals surface area contributed by atoms with Gasteiger partial charge < -0.3 is 10.2 Å². The lowest BCUT2D eigenvalue weighted by Gasteiger charge is -2.25. The second-order valence-corrected chi connectivity index (χ2v) is 5.00. The SMILES string of the molecule is O=C1CN(C(=O)/C=C/c2cnn(-c3ccccc3)c2)CCN1. The van der Waals surface area contributed by atoms with Gasteiger partial charge in [0.1, 0.15) is 0 Å². The van der Waals surface area contributed by atoms with Crippen LogP contribution in [0.1, 0.15) is 5.56 Å². The standard InChI is InChI=1S/C16H16N4O2/c21-15-12-19(9-8-17-15)16(22)7-6-13-10-18-20(11-13)14-4-2-1-3-5-14/h1-7,10-11H,8-9,12H2,(H,17,21)/b7-6+. The van der Waals surface area contributed by atoms with Crippen LogP contribution in [0.25, 0.3) is 11.8 Å². The first-order chi connectivity index (χ1) is 10.7. The minimum absolute atomic E-state index is 0.118. The van der Waals surface area contributed by atoms with Gasteiger partial charge in [-0.05, 0) is 18.2 Å². The average molecular weight is 296 g/mol. The highest BCUT2D eigenvalue weighted by atomic mass is 16.2. The number of rotatable bonds is 3. The summed E-state index contributed by atoms with van der Waals surface area (Å²) in [6, 6.07) is 9.74. The minimum Gasteiger partial charge on any atom is -0.353 e. The Bertz CT molecular complexity index is 706. The summed E-state index contributed by atoms with van der Waals surface area (Å²) in [5.74, 6) is -0.285. The van der Waals surface area contributed by atoms with Crippen LogP contribution in [0.4, 0.5) is 0 Å². The maximum absolute atomic E-state index is 12.0. The van der Waals surface area contributed by atoms with E-state index in [0.29, 0.717) is 13.1 Å². The molecule has 3 rings (SSSR count). The van der Waals surface area contributed by atoms with Gasteiger partial charge in [0.25, 0.3) is 0 Å². The molecule has 0 aliphatic carbocycles. The fourth-order valence-electron chi connectivity index (χ4n) is 2.24. The molecule has 1 aliphatic rings. The van der Waals surface area contributed by atoms with Crippen LogP contribution in [0.5, 0.6) is 0 Å². The molecule has 2 amide bonds. The third kappa shape index (κ3) is 3.22. The quantitative estimate of drug-likeness (QED) is 0.854. The Labute approximate surface area is 128 Å². The summed E-state index contributed by atoms with van der Waals surface area (Å²) < 4.78 is 1.75. The van der Waals surface area contributed by atoms with Crippen LogP contribution >= 0.6 is 0 Å². The molecule has 112 valence electrons. The lowest BCUT2D eigenvalue weighted by atomic mass is 10.3. The van der Waals surface area contributed by atoms with Crippen LogP contribution in [0.3, 0.4) is 0 Å². The maximum atomic E-state index is 12.0. The zero-order valence-corrected chi connectivity index (χ0v) is 12.0. The van der Waals surface area contributed by atoms with E-state index in [0.717, 1.165) is 11.3 Å². The molecule has 0 bridgehead atoms. The summed E-state index contributed by atoms with van der Waals surface area (Å²) in [7, 11) is 0. The number of benzene rings is 1. The molecule has 2 aromatic rings. The Hall–Kier alpha value is -2.89. The molecule has 1 N–H and O–H groups in total. The minimum atomic E-state index is -0.165. The van der Waals surface area contributed by atoms with Gasteiger partial charge in [-0.25, -0.2) is 4.68 Å². The summed E-state index contributed by atoms with van der Waals surface area (Å²) in [5, 5.41) is 6.96. The molecular formula is C16H16N4O2. The largest absolute Gasteiger partial charge is 0.353 e. The van der Waals surface area contributed by atoms with Gasteiger partial charge in [-0.1, -0.05) is 18.2 Å². The van der Waals surface area contributed by atoms with Gasteiger partial charge in [-0.2, -0.15) is 5.10 Å². The van der Waals surface area contributed by atoms with Gasteiger partial charge in [0.05, 0.1) is 18.4 Å². The van der Waals surface area contributed by atoms with Crippen molar-refractivity contribution in [3.05, 3.63) is 54.4 Å². The molecule has 6 heteroatoms. The zero-order chi connectivity index (χ0) is 15.4. The van der Waals surface area contributed by atoms with Crippen molar-refractivity contribution < 1.29 is 9.59 Å². The molecule has 0 spiro atoms. The predicted octanol–water partition coefficient (Wildman–Crippen LogP) is 0.844. The molecule has 1 saturated heterocycles. The van der Waals surface area contributed by atoms with Crippen LogP contribution < -0.4 is 5.32 Å². The van der Waals surface area contributed by atoms with Gasteiger partial charge in [-0.3, -0.25) is 9.59 Å². The molecular weight excluding hydrogens is 280 g/mol. The number of aromatic nitrogens is 2. The van der Waals surface area contributed by atoms with E-state index in [1.807, 2.05) is 36.5 Å². The molecule has 0 radical (unpaired) electrons. The highest BCUT2D eigenvalue weighted by molar-refractivity contribution is 5.94. The fraction of sp³-hybridized carbons (Fsp3) is 0.188. The van der Waals surface area contributed by atoms with E-state index in [9.17, 15) is 9.59 Å². The van der Waals surface area contributed by atoms with E-state index in [1.54, 1.807) is 17.0 Å². The number of carbonyl (C=O) groups excluding carboxylic acids is 2. The molecule has 0 saturated carbocycles. The van der Waals surface area contributed by atoms with Crippen molar-refractivity contribution in [2.24, 2.45) is 0 Å². The normalized spacial score (nSPS) is 15.1. The summed E-state index contributed by atoms with van der Waals surface area (Å²) >= 11 is 0. The molecule has 6 nitrogen and oxygen atoms in total. The van der Waals surface area contributed by atoms with Gasteiger partial charge >= 0.3 is 0 Å². The topological polar surface area (TPSA) is 67.2 Å². The third-order valence-electron chi connectivity index (χ3n) is 3.39. The average Bonchev–Trinajstić information content (AvgIpc) is 3.02. The first kappa shape index (κ1) is 14.1. The number of hydrogen-bond acceptors (Lipinski definition) is 3. The predicted molar refractivity (Wildman–Crippen MR) is 82.2 cm³/mol. The second-order valence-electron chi connectivity index (χ2n) is 5.00. The molecule has 0 atom stereocenters. The number of amides is 2. The van der Waals surface area contributed by atoms with Crippen molar-refractivity contribution in [2.45, 2.75) is 0 Å². The maximum Gasteiger partial charge on any atom is 0.247 e. The highest BCUT2D eigenvalue weighted by Crippen LogP contribution is 2.09. The van der Waals surface area contributed by atoms with Gasteiger partial charge in [0.2, 0.25) is 11.8 Å². The van der Waals surface area contributed by atoms with Crippen molar-refractivity contribution in [3.63, 3.8) is 0 Å². The number of piperazine rings is 1. The first-order valence-electron chi connectivity index (χ1n) is 7.06. The van der Waals surface area contributed by atoms with E-state index in [2.05, 4.69) is 10.4 Å². The fourth-order valence-corrected chi connectivity index (χ4v) is 2.24. The van der Waals surface area contributed by atoms with Crippen LogP contribution in [0, 0.1) is 0 Å². The molecule has 1 aromatic heterocycles. The van der Waals surface area contributed by atoms with Crippen molar-refractivity contribution in [3.8, 4) is 5.69 Å². The van der Waals surface area contributed by atoms with Gasteiger partial charge in [-0.15, -0.1) is 0 Å². The van der Waals surface area contributed by atoms with Crippen molar-refractivity contribution in [1.29, 1.82) is 0 Å². The van der Waals surface area contributed by atoms with E-state index >= 15 is 0 Å². The zero-order valence-electron chi connectivity index (χ0n) is 12.0. The number of para-hydroxylation sites is 1. The van der Waals surface area contributed by atoms with Crippen LogP contribution in [0.2, 0.25) is 0 Å². The molecule has 22 heavy (non-hydrogen) atoms. The summed E-state index contributed by atoms with van der Waals surface area (Å²) in [6.07, 6.45) is 6.73. The Kier molecular flexibility index (Phi) is 4.00. The molecule has 2 heterocycles. The lowest BCUT2D eigenvalue weighted by Crippen LogP contribution is -2.49. The first-order valence-corrected chi connectivity index (χ1v) is 7.06. The lowest BCUT2D eigenvalue weighted by molar-refractivity contribution is -0.134. The van der Waals surface area contributed by atoms with Crippen LogP contribution in [-0.4, -0.2) is 46.1 Å². The van der Waals surface area contributed by atoms with Gasteiger partial charge in [0, 0.05) is 30.9 Å². The Balaban J connectivity index is 1.67. The van der Waals surface area contributed by atoms with Crippen molar-refractivity contribution in [2.75, 3.05) is 19.6 Å².